The lowest BCUT2D eigenvalue weighted by atomic mass is 10.1. The molecular weight excluding hydrogens is 230 g/mol. The van der Waals surface area contributed by atoms with Crippen molar-refractivity contribution in [2.45, 2.75) is 19.5 Å². The molecule has 5 nitrogen and oxygen atoms in total. The Hall–Kier alpha value is -2.14. The number of hydrogen-bond donors (Lipinski definition) is 3. The standard InChI is InChI=1S/C13H15N3O2/c1-9(10-3-2-5-14-7-10)16-8-12-11(13(17)18)4-6-15-12/h2-7,9,15-16H,8H2,1H3,(H,17,18)/t9-/m0/s1. The van der Waals surface area contributed by atoms with Gasteiger partial charge in [-0.15, -0.1) is 0 Å². The Bertz CT molecular complexity index is 522. The molecule has 0 fully saturated rings. The van der Waals surface area contributed by atoms with Gasteiger partial charge in [-0.05, 0) is 24.6 Å². The molecule has 0 aromatic carbocycles. The highest BCUT2D eigenvalue weighted by Crippen LogP contribution is 2.12. The number of aromatic carboxylic acids is 1. The van der Waals surface area contributed by atoms with E-state index < -0.39 is 5.97 Å². The van der Waals surface area contributed by atoms with E-state index in [1.807, 2.05) is 19.1 Å². The number of pyridine rings is 1. The van der Waals surface area contributed by atoms with E-state index in [2.05, 4.69) is 15.3 Å². The van der Waals surface area contributed by atoms with Crippen molar-refractivity contribution in [2.75, 3.05) is 0 Å². The van der Waals surface area contributed by atoms with E-state index in [4.69, 9.17) is 5.11 Å². The maximum absolute atomic E-state index is 10.9. The van der Waals surface area contributed by atoms with Crippen molar-refractivity contribution in [1.29, 1.82) is 0 Å². The van der Waals surface area contributed by atoms with Gasteiger partial charge >= 0.3 is 5.97 Å². The fourth-order valence-electron chi connectivity index (χ4n) is 1.76. The summed E-state index contributed by atoms with van der Waals surface area (Å²) in [6, 6.07) is 5.54. The molecule has 0 bridgehead atoms. The lowest BCUT2D eigenvalue weighted by Crippen LogP contribution is -2.19. The average Bonchev–Trinajstić information content (AvgIpc) is 2.85. The second kappa shape index (κ2) is 5.46. The predicted molar refractivity (Wildman–Crippen MR) is 67.2 cm³/mol. The molecule has 0 radical (unpaired) electrons. The summed E-state index contributed by atoms with van der Waals surface area (Å²) >= 11 is 0. The normalized spacial score (nSPS) is 12.3. The molecule has 1 atom stereocenters. The van der Waals surface area contributed by atoms with Crippen LogP contribution >= 0.6 is 0 Å². The minimum atomic E-state index is -0.915. The first-order chi connectivity index (χ1) is 8.68. The number of nitrogens with zero attached hydrogens (tertiary/aromatic N) is 1. The highest BCUT2D eigenvalue weighted by Gasteiger charge is 2.12. The summed E-state index contributed by atoms with van der Waals surface area (Å²) in [5, 5.41) is 12.2. The molecule has 94 valence electrons. The number of nitrogens with one attached hydrogen (secondary N) is 2. The summed E-state index contributed by atoms with van der Waals surface area (Å²) < 4.78 is 0. The molecule has 0 saturated carbocycles. The molecule has 3 N–H and O–H groups in total. The zero-order valence-corrected chi connectivity index (χ0v) is 10.1. The van der Waals surface area contributed by atoms with Gasteiger partial charge in [0.25, 0.3) is 0 Å². The van der Waals surface area contributed by atoms with Crippen LogP contribution in [0.15, 0.2) is 36.8 Å². The Kier molecular flexibility index (Phi) is 3.74. The van der Waals surface area contributed by atoms with Crippen molar-refractivity contribution in [3.63, 3.8) is 0 Å². The van der Waals surface area contributed by atoms with Gasteiger partial charge in [0.1, 0.15) is 0 Å². The van der Waals surface area contributed by atoms with Gasteiger partial charge in [-0.2, -0.15) is 0 Å². The van der Waals surface area contributed by atoms with E-state index in [0.29, 0.717) is 17.8 Å². The summed E-state index contributed by atoms with van der Waals surface area (Å²) in [5.41, 5.74) is 2.06. The molecule has 0 spiro atoms. The Morgan fingerprint density at radius 1 is 1.56 bits per heavy atom. The van der Waals surface area contributed by atoms with Crippen molar-refractivity contribution in [2.24, 2.45) is 0 Å². The Labute approximate surface area is 105 Å². The monoisotopic (exact) mass is 245 g/mol. The molecule has 0 aliphatic carbocycles. The van der Waals surface area contributed by atoms with Crippen molar-refractivity contribution in [3.05, 3.63) is 53.6 Å². The second-order valence-corrected chi connectivity index (χ2v) is 4.06. The number of aromatic nitrogens is 2. The van der Waals surface area contributed by atoms with Crippen LogP contribution in [0.1, 0.15) is 34.6 Å². The highest BCUT2D eigenvalue weighted by atomic mass is 16.4. The quantitative estimate of drug-likeness (QED) is 0.752. The van der Waals surface area contributed by atoms with Gasteiger partial charge in [0.2, 0.25) is 0 Å². The average molecular weight is 245 g/mol. The van der Waals surface area contributed by atoms with E-state index in [0.717, 1.165) is 5.56 Å². The SMILES string of the molecule is C[C@H](NCc1[nH]ccc1C(=O)O)c1cccnc1. The first-order valence-electron chi connectivity index (χ1n) is 5.71. The predicted octanol–water partition coefficient (Wildman–Crippen LogP) is 1.96. The van der Waals surface area contributed by atoms with Crippen LogP contribution in [0.4, 0.5) is 0 Å². The van der Waals surface area contributed by atoms with E-state index in [-0.39, 0.29) is 6.04 Å². The summed E-state index contributed by atoms with van der Waals surface area (Å²) in [6.07, 6.45) is 5.16. The smallest absolute Gasteiger partial charge is 0.337 e. The van der Waals surface area contributed by atoms with Crippen molar-refractivity contribution in [3.8, 4) is 0 Å². The number of H-pyrrole nitrogens is 1. The minimum Gasteiger partial charge on any atom is -0.478 e. The van der Waals surface area contributed by atoms with E-state index in [9.17, 15) is 4.79 Å². The van der Waals surface area contributed by atoms with Gasteiger partial charge in [0.05, 0.1) is 5.56 Å². The summed E-state index contributed by atoms with van der Waals surface area (Å²) in [6.45, 7) is 2.49. The molecule has 2 rings (SSSR count). The fourth-order valence-corrected chi connectivity index (χ4v) is 1.76. The van der Waals surface area contributed by atoms with Crippen LogP contribution in [0.2, 0.25) is 0 Å². The molecule has 0 unspecified atom stereocenters. The largest absolute Gasteiger partial charge is 0.478 e. The minimum absolute atomic E-state index is 0.114. The van der Waals surface area contributed by atoms with Gasteiger partial charge in [-0.25, -0.2) is 4.79 Å². The lowest BCUT2D eigenvalue weighted by Gasteiger charge is -2.13. The van der Waals surface area contributed by atoms with Gasteiger partial charge < -0.3 is 15.4 Å². The molecule has 0 aliphatic heterocycles. The maximum Gasteiger partial charge on any atom is 0.337 e. The molecule has 0 amide bonds. The van der Waals surface area contributed by atoms with Crippen molar-refractivity contribution < 1.29 is 9.90 Å². The molecule has 18 heavy (non-hydrogen) atoms. The van der Waals surface area contributed by atoms with Gasteiger partial charge in [0.15, 0.2) is 0 Å². The van der Waals surface area contributed by atoms with E-state index in [1.54, 1.807) is 24.7 Å². The van der Waals surface area contributed by atoms with Gasteiger partial charge in [0, 0.05) is 36.9 Å². The second-order valence-electron chi connectivity index (χ2n) is 4.06. The maximum atomic E-state index is 10.9. The van der Waals surface area contributed by atoms with E-state index >= 15 is 0 Å². The number of carboxylic acids is 1. The van der Waals surface area contributed by atoms with Gasteiger partial charge in [-0.1, -0.05) is 6.07 Å². The molecule has 0 saturated heterocycles. The van der Waals surface area contributed by atoms with Gasteiger partial charge in [-0.3, -0.25) is 4.98 Å². The third kappa shape index (κ3) is 2.75. The molecule has 2 aromatic heterocycles. The summed E-state index contributed by atoms with van der Waals surface area (Å²) in [7, 11) is 0. The third-order valence-electron chi connectivity index (χ3n) is 2.83. The number of aromatic amines is 1. The number of carboxylic acid groups (broad SMARTS) is 1. The van der Waals surface area contributed by atoms with Crippen molar-refractivity contribution >= 4 is 5.97 Å². The Balaban J connectivity index is 1.99. The zero-order chi connectivity index (χ0) is 13.0. The number of rotatable bonds is 5. The fraction of sp³-hybridized carbons (Fsp3) is 0.231. The molecule has 5 heteroatoms. The van der Waals surface area contributed by atoms with Crippen LogP contribution in [0.3, 0.4) is 0 Å². The molecular formula is C13H15N3O2. The highest BCUT2D eigenvalue weighted by molar-refractivity contribution is 5.88. The Morgan fingerprint density at radius 3 is 3.06 bits per heavy atom. The van der Waals surface area contributed by atoms with Crippen LogP contribution in [-0.2, 0) is 6.54 Å². The first-order valence-corrected chi connectivity index (χ1v) is 5.71. The van der Waals surface area contributed by atoms with Crippen LogP contribution in [0.5, 0.6) is 0 Å². The van der Waals surface area contributed by atoms with Crippen LogP contribution in [0.25, 0.3) is 0 Å². The van der Waals surface area contributed by atoms with Crippen LogP contribution < -0.4 is 5.32 Å². The van der Waals surface area contributed by atoms with Crippen molar-refractivity contribution in [1.82, 2.24) is 15.3 Å². The van der Waals surface area contributed by atoms with Crippen LogP contribution in [-0.4, -0.2) is 21.0 Å². The number of hydrogen-bond acceptors (Lipinski definition) is 3. The Morgan fingerprint density at radius 2 is 2.39 bits per heavy atom. The summed E-state index contributed by atoms with van der Waals surface area (Å²) in [4.78, 5) is 17.9. The topological polar surface area (TPSA) is 78.0 Å². The van der Waals surface area contributed by atoms with Crippen LogP contribution in [0, 0.1) is 0 Å². The number of carbonyl (C=O) groups is 1. The molecule has 2 aromatic rings. The third-order valence-corrected chi connectivity index (χ3v) is 2.83. The van der Waals surface area contributed by atoms with E-state index in [1.165, 1.54) is 0 Å². The summed E-state index contributed by atoms with van der Waals surface area (Å²) in [5.74, 6) is -0.915. The molecule has 0 aliphatic rings. The molecule has 2 heterocycles. The first kappa shape index (κ1) is 12.3. The lowest BCUT2D eigenvalue weighted by molar-refractivity contribution is 0.0695. The zero-order valence-electron chi connectivity index (χ0n) is 10.1.